The number of nitrogens with one attached hydrogen (secondary N) is 2. The smallest absolute Gasteiger partial charge is 0.407 e. The molecule has 1 aromatic rings. The Labute approximate surface area is 163 Å². The number of esters is 1. The molecule has 0 saturated carbocycles. The zero-order valence-corrected chi connectivity index (χ0v) is 16.8. The molecule has 1 rings (SSSR count). The molecule has 1 atom stereocenters. The third-order valence-electron chi connectivity index (χ3n) is 3.09. The quantitative estimate of drug-likeness (QED) is 0.681. The summed E-state index contributed by atoms with van der Waals surface area (Å²) in [5.74, 6) is -0.747. The lowest BCUT2D eigenvalue weighted by atomic mass is 10.2. The number of alkyl carbamates (subject to hydrolysis) is 1. The van der Waals surface area contributed by atoms with Crippen molar-refractivity contribution in [3.63, 3.8) is 0 Å². The molecule has 8 nitrogen and oxygen atoms in total. The molecule has 0 aliphatic rings. The lowest BCUT2D eigenvalue weighted by Gasteiger charge is -2.19. The summed E-state index contributed by atoms with van der Waals surface area (Å²) < 4.78 is 15.2. The molecule has 150 valence electrons. The number of hydrogen-bond acceptors (Lipinski definition) is 6. The van der Waals surface area contributed by atoms with E-state index in [1.807, 2.05) is 0 Å². The topological polar surface area (TPSA) is 103 Å². The predicted molar refractivity (Wildman–Crippen MR) is 101 cm³/mol. The average molecular weight is 401 g/mol. The van der Waals surface area contributed by atoms with E-state index in [0.717, 1.165) is 0 Å². The van der Waals surface area contributed by atoms with Gasteiger partial charge >= 0.3 is 12.1 Å². The fourth-order valence-electron chi connectivity index (χ4n) is 1.90. The van der Waals surface area contributed by atoms with Gasteiger partial charge in [-0.1, -0.05) is 11.6 Å². The summed E-state index contributed by atoms with van der Waals surface area (Å²) in [4.78, 5) is 35.5. The van der Waals surface area contributed by atoms with Crippen molar-refractivity contribution in [3.05, 3.63) is 23.2 Å². The maximum Gasteiger partial charge on any atom is 0.407 e. The average Bonchev–Trinajstić information content (AvgIpc) is 2.53. The van der Waals surface area contributed by atoms with Crippen LogP contribution in [0, 0.1) is 0 Å². The van der Waals surface area contributed by atoms with E-state index < -0.39 is 29.7 Å². The molecule has 0 unspecified atom stereocenters. The largest absolute Gasteiger partial charge is 0.495 e. The van der Waals surface area contributed by atoms with Crippen molar-refractivity contribution in [2.24, 2.45) is 0 Å². The van der Waals surface area contributed by atoms with Gasteiger partial charge in [0.2, 0.25) is 0 Å². The molecule has 0 aliphatic heterocycles. The number of carbonyl (C=O) groups is 3. The van der Waals surface area contributed by atoms with Crippen molar-refractivity contribution < 1.29 is 28.6 Å². The normalized spacial score (nSPS) is 11.9. The molecule has 0 saturated heterocycles. The number of rotatable bonds is 7. The number of benzene rings is 1. The Morgan fingerprint density at radius 1 is 1.22 bits per heavy atom. The molecule has 0 aromatic heterocycles. The van der Waals surface area contributed by atoms with Gasteiger partial charge in [0, 0.05) is 11.6 Å². The number of ether oxygens (including phenoxy) is 3. The molecule has 0 bridgehead atoms. The van der Waals surface area contributed by atoms with E-state index in [1.54, 1.807) is 32.9 Å². The van der Waals surface area contributed by atoms with Gasteiger partial charge in [-0.3, -0.25) is 9.59 Å². The summed E-state index contributed by atoms with van der Waals surface area (Å²) in [7, 11) is 1.46. The highest BCUT2D eigenvalue weighted by Gasteiger charge is 2.20. The van der Waals surface area contributed by atoms with Crippen LogP contribution >= 0.6 is 11.6 Å². The second-order valence-corrected chi connectivity index (χ2v) is 7.08. The standard InChI is InChI=1S/C18H25ClN2O6/c1-11(16(23)21-13-10-12(19)6-7-14(13)25-5)26-15(22)8-9-20-17(24)27-18(2,3)4/h6-7,10-11H,8-9H2,1-5H3,(H,20,24)(H,21,23)/t11-/m0/s1. The number of carbonyl (C=O) groups excluding carboxylic acids is 3. The van der Waals surface area contributed by atoms with Crippen molar-refractivity contribution in [3.8, 4) is 5.75 Å². The van der Waals surface area contributed by atoms with Crippen molar-refractivity contribution in [2.45, 2.75) is 45.8 Å². The molecule has 2 N–H and O–H groups in total. The van der Waals surface area contributed by atoms with Crippen LogP contribution in [-0.4, -0.2) is 43.3 Å². The second kappa shape index (κ2) is 10.0. The van der Waals surface area contributed by atoms with Gasteiger partial charge in [0.15, 0.2) is 6.10 Å². The molecule has 9 heteroatoms. The summed E-state index contributed by atoms with van der Waals surface area (Å²) in [6.45, 7) is 6.66. The van der Waals surface area contributed by atoms with Crippen LogP contribution in [0.1, 0.15) is 34.1 Å². The number of hydrogen-bond donors (Lipinski definition) is 2. The number of methoxy groups -OCH3 is 1. The third kappa shape index (κ3) is 8.63. The van der Waals surface area contributed by atoms with Gasteiger partial charge in [-0.05, 0) is 45.9 Å². The Bertz CT molecular complexity index is 687. The Balaban J connectivity index is 2.45. The van der Waals surface area contributed by atoms with E-state index in [9.17, 15) is 14.4 Å². The third-order valence-corrected chi connectivity index (χ3v) is 3.33. The van der Waals surface area contributed by atoms with E-state index in [-0.39, 0.29) is 13.0 Å². The number of amides is 2. The zero-order valence-electron chi connectivity index (χ0n) is 16.1. The number of halogens is 1. The molecule has 0 aliphatic carbocycles. The Morgan fingerprint density at radius 2 is 1.89 bits per heavy atom. The first kappa shape index (κ1) is 22.6. The van der Waals surface area contributed by atoms with E-state index >= 15 is 0 Å². The van der Waals surface area contributed by atoms with Crippen LogP contribution in [0.2, 0.25) is 5.02 Å². The van der Waals surface area contributed by atoms with Gasteiger partial charge in [-0.25, -0.2) is 4.79 Å². The minimum Gasteiger partial charge on any atom is -0.495 e. The minimum atomic E-state index is -1.04. The Hall–Kier alpha value is -2.48. The van der Waals surface area contributed by atoms with Gasteiger partial charge in [0.25, 0.3) is 5.91 Å². The van der Waals surface area contributed by atoms with Crippen LogP contribution < -0.4 is 15.4 Å². The molecule has 2 amide bonds. The Kier molecular flexibility index (Phi) is 8.36. The molecule has 1 aromatic carbocycles. The fraction of sp³-hybridized carbons (Fsp3) is 0.500. The molecular weight excluding hydrogens is 376 g/mol. The van der Waals surface area contributed by atoms with Crippen LogP contribution in [0.25, 0.3) is 0 Å². The van der Waals surface area contributed by atoms with Gasteiger partial charge < -0.3 is 24.8 Å². The highest BCUT2D eigenvalue weighted by Crippen LogP contribution is 2.27. The van der Waals surface area contributed by atoms with Gasteiger partial charge in [-0.2, -0.15) is 0 Å². The van der Waals surface area contributed by atoms with Crippen LogP contribution in [0.15, 0.2) is 18.2 Å². The van der Waals surface area contributed by atoms with Crippen molar-refractivity contribution in [1.29, 1.82) is 0 Å². The second-order valence-electron chi connectivity index (χ2n) is 6.64. The highest BCUT2D eigenvalue weighted by atomic mass is 35.5. The van der Waals surface area contributed by atoms with E-state index in [4.69, 9.17) is 25.8 Å². The molecule has 0 heterocycles. The SMILES string of the molecule is COc1ccc(Cl)cc1NC(=O)[C@H](C)OC(=O)CCNC(=O)OC(C)(C)C. The fourth-order valence-corrected chi connectivity index (χ4v) is 2.07. The van der Waals surface area contributed by atoms with Crippen LogP contribution in [-0.2, 0) is 19.1 Å². The summed E-state index contributed by atoms with van der Waals surface area (Å²) in [6, 6.07) is 4.76. The summed E-state index contributed by atoms with van der Waals surface area (Å²) in [5.41, 5.74) is -0.261. The van der Waals surface area contributed by atoms with Crippen molar-refractivity contribution >= 4 is 35.3 Å². The molecule has 0 radical (unpaired) electrons. The van der Waals surface area contributed by atoms with Gasteiger partial charge in [0.1, 0.15) is 11.4 Å². The van der Waals surface area contributed by atoms with Crippen LogP contribution in [0.4, 0.5) is 10.5 Å². The highest BCUT2D eigenvalue weighted by molar-refractivity contribution is 6.31. The number of anilines is 1. The molecule has 27 heavy (non-hydrogen) atoms. The van der Waals surface area contributed by atoms with E-state index in [0.29, 0.717) is 16.5 Å². The van der Waals surface area contributed by atoms with Gasteiger partial charge in [0.05, 0.1) is 19.2 Å². The monoisotopic (exact) mass is 400 g/mol. The van der Waals surface area contributed by atoms with Gasteiger partial charge in [-0.15, -0.1) is 0 Å². The lowest BCUT2D eigenvalue weighted by Crippen LogP contribution is -2.35. The molecular formula is C18H25ClN2O6. The summed E-state index contributed by atoms with van der Waals surface area (Å²) in [5, 5.41) is 5.45. The first-order valence-electron chi connectivity index (χ1n) is 8.32. The Morgan fingerprint density at radius 3 is 2.48 bits per heavy atom. The summed E-state index contributed by atoms with van der Waals surface area (Å²) in [6.07, 6.45) is -1.77. The lowest BCUT2D eigenvalue weighted by molar-refractivity contribution is -0.153. The van der Waals surface area contributed by atoms with Crippen LogP contribution in [0.5, 0.6) is 5.75 Å². The minimum absolute atomic E-state index is 0.0319. The van der Waals surface area contributed by atoms with Crippen molar-refractivity contribution in [2.75, 3.05) is 19.0 Å². The predicted octanol–water partition coefficient (Wildman–Crippen LogP) is 3.13. The van der Waals surface area contributed by atoms with E-state index in [1.165, 1.54) is 20.1 Å². The maximum absolute atomic E-state index is 12.2. The molecule has 0 spiro atoms. The first-order valence-corrected chi connectivity index (χ1v) is 8.70. The first-order chi connectivity index (χ1) is 12.5. The molecule has 0 fully saturated rings. The zero-order chi connectivity index (χ0) is 20.6. The summed E-state index contributed by atoms with van der Waals surface area (Å²) >= 11 is 5.91. The van der Waals surface area contributed by atoms with Crippen molar-refractivity contribution in [1.82, 2.24) is 5.32 Å². The van der Waals surface area contributed by atoms with Crippen LogP contribution in [0.3, 0.4) is 0 Å². The maximum atomic E-state index is 12.2. The van der Waals surface area contributed by atoms with E-state index in [2.05, 4.69) is 10.6 Å².